The Hall–Kier alpha value is -1.81. The van der Waals surface area contributed by atoms with E-state index in [4.69, 9.17) is 24.1 Å². The van der Waals surface area contributed by atoms with Crippen molar-refractivity contribution in [3.05, 3.63) is 30.6 Å². The number of nitrogens with zero attached hydrogens (tertiary/aromatic N) is 1. The topological polar surface area (TPSA) is 166 Å². The third kappa shape index (κ3) is 7.16. The summed E-state index contributed by atoms with van der Waals surface area (Å²) in [7, 11) is 0. The van der Waals surface area contributed by atoms with Crippen molar-refractivity contribution in [1.29, 1.82) is 0 Å². The molecule has 0 bridgehead atoms. The second-order valence-electron chi connectivity index (χ2n) is 6.28. The van der Waals surface area contributed by atoms with Gasteiger partial charge in [-0.15, -0.1) is 0 Å². The maximum Gasteiger partial charge on any atom is 0.330 e. The van der Waals surface area contributed by atoms with E-state index in [1.54, 1.807) is 22.6 Å². The molecule has 1 aromatic rings. The van der Waals surface area contributed by atoms with Crippen LogP contribution < -0.4 is 11.2 Å². The van der Waals surface area contributed by atoms with Crippen LogP contribution in [0.25, 0.3) is 0 Å². The van der Waals surface area contributed by atoms with Gasteiger partial charge in [0.25, 0.3) is 5.56 Å². The molecule has 12 nitrogen and oxygen atoms in total. The van der Waals surface area contributed by atoms with Crippen LogP contribution in [-0.4, -0.2) is 76.9 Å². The van der Waals surface area contributed by atoms with Crippen LogP contribution in [-0.2, 0) is 28.5 Å². The van der Waals surface area contributed by atoms with Gasteiger partial charge in [-0.05, 0) is 22.6 Å². The molecule has 0 amide bonds. The molecule has 13 heteroatoms. The van der Waals surface area contributed by atoms with Gasteiger partial charge in [0.1, 0.15) is 25.0 Å². The number of nitrogens with one attached hydrogen (secondary N) is 1. The molecular weight excluding hydrogens is 519 g/mol. The summed E-state index contributed by atoms with van der Waals surface area (Å²) in [5, 5.41) is 18.0. The molecule has 1 fully saturated rings. The van der Waals surface area contributed by atoms with E-state index < -0.39 is 48.2 Å². The highest BCUT2D eigenvalue weighted by atomic mass is 127. The number of hydrogen-bond acceptors (Lipinski definition) is 10. The number of aromatic amines is 1. The molecule has 1 saturated heterocycles. The molecule has 3 atom stereocenters. The maximum atomic E-state index is 12.1. The van der Waals surface area contributed by atoms with Crippen LogP contribution in [0.5, 0.6) is 0 Å². The molecule has 168 valence electrons. The zero-order chi connectivity index (χ0) is 22.1. The smallest absolute Gasteiger partial charge is 0.330 e. The predicted molar refractivity (Wildman–Crippen MR) is 108 cm³/mol. The second-order valence-corrected chi connectivity index (χ2v) is 7.44. The van der Waals surface area contributed by atoms with Gasteiger partial charge in [0.05, 0.1) is 42.8 Å². The van der Waals surface area contributed by atoms with E-state index in [2.05, 4.69) is 4.98 Å². The highest BCUT2D eigenvalue weighted by Crippen LogP contribution is 2.30. The number of H-pyrrole nitrogens is 1. The first kappa shape index (κ1) is 24.5. The van der Waals surface area contributed by atoms with Crippen LogP contribution in [0.2, 0.25) is 0 Å². The van der Waals surface area contributed by atoms with Gasteiger partial charge in [-0.3, -0.25) is 23.9 Å². The number of esters is 2. The first-order valence-corrected chi connectivity index (χ1v) is 10.2. The summed E-state index contributed by atoms with van der Waals surface area (Å²) >= 11 is 1.77. The Labute approximate surface area is 184 Å². The van der Waals surface area contributed by atoms with Crippen molar-refractivity contribution in [3.8, 4) is 0 Å². The largest absolute Gasteiger partial charge is 0.463 e. The number of carbonyl (C=O) groups is 2. The average molecular weight is 542 g/mol. The Kier molecular flexibility index (Phi) is 9.90. The Morgan fingerprint density at radius 2 is 1.93 bits per heavy atom. The van der Waals surface area contributed by atoms with Crippen molar-refractivity contribution in [2.75, 3.05) is 33.0 Å². The van der Waals surface area contributed by atoms with Crippen LogP contribution >= 0.6 is 22.6 Å². The van der Waals surface area contributed by atoms with Crippen LogP contribution in [0.1, 0.15) is 25.5 Å². The summed E-state index contributed by atoms with van der Waals surface area (Å²) in [5.41, 5.74) is -1.21. The molecule has 0 unspecified atom stereocenters. The molecule has 1 aliphatic rings. The SMILES string of the molecule is O=C(CCC(=O)O[C@H]1C[C@H](n2cc(I)c(=O)[nH]c2=O)O[C@@H]1CO)OCCOCCO. The number of halogens is 1. The van der Waals surface area contributed by atoms with Crippen molar-refractivity contribution < 1.29 is 38.7 Å². The highest BCUT2D eigenvalue weighted by Gasteiger charge is 2.39. The number of aliphatic hydroxyl groups is 2. The number of hydrogen-bond donors (Lipinski definition) is 3. The molecular formula is C17H23IN2O10. The number of ether oxygens (including phenoxy) is 4. The summed E-state index contributed by atoms with van der Waals surface area (Å²) in [6.07, 6.45) is -1.53. The fourth-order valence-electron chi connectivity index (χ4n) is 2.72. The fourth-order valence-corrected chi connectivity index (χ4v) is 3.15. The van der Waals surface area contributed by atoms with E-state index in [9.17, 15) is 24.3 Å². The first-order chi connectivity index (χ1) is 14.3. The summed E-state index contributed by atoms with van der Waals surface area (Å²) in [6, 6.07) is 0. The van der Waals surface area contributed by atoms with Gasteiger partial charge in [-0.2, -0.15) is 0 Å². The molecule has 0 aromatic carbocycles. The van der Waals surface area contributed by atoms with E-state index in [1.165, 1.54) is 6.20 Å². The molecule has 3 N–H and O–H groups in total. The van der Waals surface area contributed by atoms with Crippen molar-refractivity contribution in [1.82, 2.24) is 9.55 Å². The highest BCUT2D eigenvalue weighted by molar-refractivity contribution is 14.1. The molecule has 1 aromatic heterocycles. The van der Waals surface area contributed by atoms with Crippen molar-refractivity contribution in [2.24, 2.45) is 0 Å². The lowest BCUT2D eigenvalue weighted by atomic mass is 10.2. The van der Waals surface area contributed by atoms with Crippen molar-refractivity contribution in [2.45, 2.75) is 37.7 Å². The quantitative estimate of drug-likeness (QED) is 0.173. The van der Waals surface area contributed by atoms with Gasteiger partial charge in [0.15, 0.2) is 0 Å². The van der Waals surface area contributed by atoms with Gasteiger partial charge >= 0.3 is 17.6 Å². The summed E-state index contributed by atoms with van der Waals surface area (Å²) in [4.78, 5) is 49.3. The van der Waals surface area contributed by atoms with Gasteiger partial charge in [-0.25, -0.2) is 4.79 Å². The third-order valence-electron chi connectivity index (χ3n) is 4.14. The minimum atomic E-state index is -0.855. The molecule has 0 radical (unpaired) electrons. The second kappa shape index (κ2) is 12.1. The van der Waals surface area contributed by atoms with Crippen molar-refractivity contribution in [3.63, 3.8) is 0 Å². The normalized spacial score (nSPS) is 20.8. The van der Waals surface area contributed by atoms with Crippen LogP contribution in [0.4, 0.5) is 0 Å². The van der Waals surface area contributed by atoms with Gasteiger partial charge < -0.3 is 29.2 Å². The Morgan fingerprint density at radius 3 is 2.63 bits per heavy atom. The number of aromatic nitrogens is 2. The minimum absolute atomic E-state index is 0.00529. The van der Waals surface area contributed by atoms with Gasteiger partial charge in [0, 0.05) is 12.6 Å². The zero-order valence-corrected chi connectivity index (χ0v) is 18.1. The van der Waals surface area contributed by atoms with E-state index in [0.29, 0.717) is 0 Å². The molecule has 0 aliphatic carbocycles. The summed E-state index contributed by atoms with van der Waals surface area (Å²) in [5.74, 6) is -1.28. The Morgan fingerprint density at radius 1 is 1.20 bits per heavy atom. The molecule has 30 heavy (non-hydrogen) atoms. The standard InChI is InChI=1S/C17H23IN2O10/c18-10-8-20(17(26)19-16(10)25)13-7-11(12(9-22)29-13)30-15(24)2-1-14(23)28-6-5-27-4-3-21/h8,11-13,21-22H,1-7,9H2,(H,19,25,26)/t11-,12+,13+/m0/s1. The molecule has 2 heterocycles. The number of carbonyl (C=O) groups excluding carboxylic acids is 2. The zero-order valence-electron chi connectivity index (χ0n) is 16.0. The number of aliphatic hydroxyl groups excluding tert-OH is 2. The predicted octanol–water partition coefficient (Wildman–Crippen LogP) is -1.33. The van der Waals surface area contributed by atoms with Gasteiger partial charge in [0.2, 0.25) is 0 Å². The lowest BCUT2D eigenvalue weighted by Gasteiger charge is -2.16. The maximum absolute atomic E-state index is 12.1. The Balaban J connectivity index is 1.83. The Bertz CT molecular complexity index is 839. The summed E-state index contributed by atoms with van der Waals surface area (Å²) in [6.45, 7) is -0.287. The number of rotatable bonds is 11. The van der Waals surface area contributed by atoms with E-state index in [1.807, 2.05) is 0 Å². The minimum Gasteiger partial charge on any atom is -0.463 e. The molecule has 0 spiro atoms. The van der Waals surface area contributed by atoms with Gasteiger partial charge in [-0.1, -0.05) is 0 Å². The first-order valence-electron chi connectivity index (χ1n) is 9.16. The van der Waals surface area contributed by atoms with Crippen LogP contribution in [0.3, 0.4) is 0 Å². The molecule has 0 saturated carbocycles. The summed E-state index contributed by atoms with van der Waals surface area (Å²) < 4.78 is 22.1. The lowest BCUT2D eigenvalue weighted by molar-refractivity contribution is -0.157. The van der Waals surface area contributed by atoms with E-state index in [0.717, 1.165) is 4.57 Å². The van der Waals surface area contributed by atoms with Crippen LogP contribution in [0, 0.1) is 3.57 Å². The fraction of sp³-hybridized carbons (Fsp3) is 0.647. The monoisotopic (exact) mass is 542 g/mol. The van der Waals surface area contributed by atoms with E-state index >= 15 is 0 Å². The third-order valence-corrected chi connectivity index (χ3v) is 4.91. The van der Waals surface area contributed by atoms with Crippen molar-refractivity contribution >= 4 is 34.5 Å². The molecule has 1 aliphatic heterocycles. The van der Waals surface area contributed by atoms with Crippen LogP contribution in [0.15, 0.2) is 15.8 Å². The molecule has 2 rings (SSSR count). The van der Waals surface area contributed by atoms with E-state index in [-0.39, 0.29) is 49.3 Å². The average Bonchev–Trinajstić information content (AvgIpc) is 3.11. The lowest BCUT2D eigenvalue weighted by Crippen LogP contribution is -2.33.